The molecule has 0 aromatic carbocycles. The first kappa shape index (κ1) is 23.0. The Hall–Kier alpha value is -2.68. The number of nitrogen functional groups attached to an aromatic ring is 1. The summed E-state index contributed by atoms with van der Waals surface area (Å²) < 4.78 is 5.06. The molecule has 0 spiro atoms. The van der Waals surface area contributed by atoms with Gasteiger partial charge in [-0.15, -0.1) is 0 Å². The van der Waals surface area contributed by atoms with E-state index in [4.69, 9.17) is 21.8 Å². The molecule has 0 aliphatic carbocycles. The van der Waals surface area contributed by atoms with Crippen molar-refractivity contribution in [1.82, 2.24) is 25.2 Å². The minimum atomic E-state index is -0.635. The summed E-state index contributed by atoms with van der Waals surface area (Å²) in [6, 6.07) is -0.635. The topological polar surface area (TPSA) is 127 Å². The number of hydrogen-bond acceptors (Lipinski definition) is 7. The van der Waals surface area contributed by atoms with Gasteiger partial charge in [0.2, 0.25) is 5.91 Å². The van der Waals surface area contributed by atoms with Crippen LogP contribution in [0.5, 0.6) is 0 Å². The van der Waals surface area contributed by atoms with E-state index in [0.29, 0.717) is 48.1 Å². The van der Waals surface area contributed by atoms with Crippen molar-refractivity contribution in [2.45, 2.75) is 58.9 Å². The third-order valence-corrected chi connectivity index (χ3v) is 5.94. The van der Waals surface area contributed by atoms with E-state index in [1.54, 1.807) is 20.8 Å². The Bertz CT molecular complexity index is 924. The first-order valence-electron chi connectivity index (χ1n) is 10.5. The van der Waals surface area contributed by atoms with Crippen molar-refractivity contribution in [2.75, 3.05) is 18.8 Å². The fourth-order valence-corrected chi connectivity index (χ4v) is 4.22. The van der Waals surface area contributed by atoms with E-state index in [9.17, 15) is 9.59 Å². The number of anilines is 1. The maximum Gasteiger partial charge on any atom is 0.273 e. The zero-order valence-corrected chi connectivity index (χ0v) is 18.9. The number of likely N-dealkylation sites (tertiary alicyclic amines) is 1. The molecule has 1 aliphatic rings. The summed E-state index contributed by atoms with van der Waals surface area (Å²) in [6.07, 6.45) is 5.74. The predicted octanol–water partition coefficient (Wildman–Crippen LogP) is 2.70. The van der Waals surface area contributed by atoms with Crippen LogP contribution in [0.2, 0.25) is 5.15 Å². The number of rotatable bonds is 6. The summed E-state index contributed by atoms with van der Waals surface area (Å²) in [5.41, 5.74) is 6.98. The van der Waals surface area contributed by atoms with E-state index in [1.807, 2.05) is 4.90 Å². The van der Waals surface area contributed by atoms with Crippen molar-refractivity contribution in [3.05, 3.63) is 34.4 Å². The molecule has 31 heavy (non-hydrogen) atoms. The highest BCUT2D eigenvalue weighted by Crippen LogP contribution is 2.27. The Balaban J connectivity index is 1.51. The molecular formula is C21H29ClN6O3. The van der Waals surface area contributed by atoms with Gasteiger partial charge in [-0.3, -0.25) is 9.59 Å². The zero-order valence-electron chi connectivity index (χ0n) is 18.2. The van der Waals surface area contributed by atoms with E-state index in [0.717, 1.165) is 31.2 Å². The molecule has 168 valence electrons. The lowest BCUT2D eigenvalue weighted by Crippen LogP contribution is -2.47. The van der Waals surface area contributed by atoms with Gasteiger partial charge in [0.1, 0.15) is 29.1 Å². The SMILES string of the molecule is Cc1nc(N)c(CCC2CCCN(C(=O)C(C)NC(=O)c3coc(C)n3)CC2)c(Cl)n1. The van der Waals surface area contributed by atoms with Gasteiger partial charge >= 0.3 is 0 Å². The molecule has 9 nitrogen and oxygen atoms in total. The molecule has 1 saturated heterocycles. The van der Waals surface area contributed by atoms with Gasteiger partial charge in [0.05, 0.1) is 0 Å². The molecular weight excluding hydrogens is 420 g/mol. The molecule has 3 rings (SSSR count). The zero-order chi connectivity index (χ0) is 22.5. The summed E-state index contributed by atoms with van der Waals surface area (Å²) >= 11 is 6.24. The maximum absolute atomic E-state index is 12.8. The highest BCUT2D eigenvalue weighted by atomic mass is 35.5. The molecule has 2 atom stereocenters. The molecule has 0 radical (unpaired) electrons. The summed E-state index contributed by atoms with van der Waals surface area (Å²) in [4.78, 5) is 39.3. The molecule has 1 aliphatic heterocycles. The first-order valence-corrected chi connectivity index (χ1v) is 10.9. The minimum Gasteiger partial charge on any atom is -0.448 e. The monoisotopic (exact) mass is 448 g/mol. The third kappa shape index (κ3) is 5.94. The van der Waals surface area contributed by atoms with Crippen LogP contribution in [0.15, 0.2) is 10.7 Å². The van der Waals surface area contributed by atoms with Crippen molar-refractivity contribution in [3.8, 4) is 0 Å². The molecule has 1 fully saturated rings. The number of oxazole rings is 1. The summed E-state index contributed by atoms with van der Waals surface area (Å²) in [6.45, 7) is 6.44. The van der Waals surface area contributed by atoms with Gasteiger partial charge in [0.15, 0.2) is 11.6 Å². The highest BCUT2D eigenvalue weighted by molar-refractivity contribution is 6.30. The van der Waals surface area contributed by atoms with Crippen LogP contribution in [0.1, 0.15) is 60.4 Å². The van der Waals surface area contributed by atoms with Crippen molar-refractivity contribution >= 4 is 29.2 Å². The number of aryl methyl sites for hydroxylation is 2. The number of nitrogens with one attached hydrogen (secondary N) is 1. The number of nitrogens with zero attached hydrogens (tertiary/aromatic N) is 4. The Labute approximate surface area is 186 Å². The van der Waals surface area contributed by atoms with Crippen LogP contribution in [0.25, 0.3) is 0 Å². The molecule has 0 bridgehead atoms. The van der Waals surface area contributed by atoms with Crippen LogP contribution in [0.3, 0.4) is 0 Å². The van der Waals surface area contributed by atoms with E-state index in [-0.39, 0.29) is 11.6 Å². The van der Waals surface area contributed by atoms with E-state index in [2.05, 4.69) is 20.3 Å². The molecule has 2 unspecified atom stereocenters. The van der Waals surface area contributed by atoms with E-state index in [1.165, 1.54) is 6.26 Å². The molecule has 3 N–H and O–H groups in total. The van der Waals surface area contributed by atoms with Crippen LogP contribution in [0, 0.1) is 19.8 Å². The van der Waals surface area contributed by atoms with Gasteiger partial charge in [0, 0.05) is 25.6 Å². The van der Waals surface area contributed by atoms with E-state index < -0.39 is 11.9 Å². The second kappa shape index (κ2) is 10.1. The number of hydrogen-bond donors (Lipinski definition) is 2. The van der Waals surface area contributed by atoms with Gasteiger partial charge in [-0.1, -0.05) is 11.6 Å². The molecule has 0 saturated carbocycles. The van der Waals surface area contributed by atoms with Crippen molar-refractivity contribution in [1.29, 1.82) is 0 Å². The molecule has 2 amide bonds. The van der Waals surface area contributed by atoms with Crippen LogP contribution >= 0.6 is 11.6 Å². The standard InChI is InChI=1S/C21H29ClN6O3/c1-12(24-20(29)17-11-31-14(3)27-17)21(30)28-9-4-5-15(8-10-28)6-7-16-18(22)25-13(2)26-19(16)23/h11-12,15H,4-10H2,1-3H3,(H,24,29)(H2,23,25,26). The van der Waals surface area contributed by atoms with Crippen molar-refractivity contribution in [2.24, 2.45) is 5.92 Å². The van der Waals surface area contributed by atoms with Crippen LogP contribution in [-0.2, 0) is 11.2 Å². The fourth-order valence-electron chi connectivity index (χ4n) is 3.91. The lowest BCUT2D eigenvalue weighted by atomic mass is 9.93. The number of nitrogens with two attached hydrogens (primary N) is 1. The quantitative estimate of drug-likeness (QED) is 0.650. The minimum absolute atomic E-state index is 0.0894. The summed E-state index contributed by atoms with van der Waals surface area (Å²) in [5.74, 6) is 1.36. The van der Waals surface area contributed by atoms with Gasteiger partial charge in [-0.25, -0.2) is 15.0 Å². The molecule has 2 aromatic heterocycles. The summed E-state index contributed by atoms with van der Waals surface area (Å²) in [5, 5.41) is 3.13. The normalized spacial score (nSPS) is 17.8. The lowest BCUT2D eigenvalue weighted by molar-refractivity contribution is -0.132. The van der Waals surface area contributed by atoms with Crippen LogP contribution in [-0.4, -0.2) is 50.8 Å². The number of aromatic nitrogens is 3. The van der Waals surface area contributed by atoms with Gasteiger partial charge in [0.25, 0.3) is 5.91 Å². The second-order valence-electron chi connectivity index (χ2n) is 8.03. The first-order chi connectivity index (χ1) is 14.7. The Morgan fingerprint density at radius 3 is 2.74 bits per heavy atom. The lowest BCUT2D eigenvalue weighted by Gasteiger charge is -2.24. The van der Waals surface area contributed by atoms with Crippen LogP contribution < -0.4 is 11.1 Å². The van der Waals surface area contributed by atoms with Gasteiger partial charge in [-0.05, 0) is 51.9 Å². The van der Waals surface area contributed by atoms with E-state index >= 15 is 0 Å². The average Bonchev–Trinajstić information content (AvgIpc) is 3.01. The number of carbonyl (C=O) groups is 2. The maximum atomic E-state index is 12.8. The number of halogens is 1. The fraction of sp³-hybridized carbons (Fsp3) is 0.571. The van der Waals surface area contributed by atoms with Crippen molar-refractivity contribution < 1.29 is 14.0 Å². The Morgan fingerprint density at radius 1 is 1.29 bits per heavy atom. The third-order valence-electron chi connectivity index (χ3n) is 5.63. The number of carbonyl (C=O) groups excluding carboxylic acids is 2. The van der Waals surface area contributed by atoms with Crippen LogP contribution in [0.4, 0.5) is 5.82 Å². The largest absolute Gasteiger partial charge is 0.448 e. The van der Waals surface area contributed by atoms with Gasteiger partial charge in [-0.2, -0.15) is 0 Å². The molecule has 10 heteroatoms. The Kier molecular flexibility index (Phi) is 7.48. The Morgan fingerprint density at radius 2 is 2.06 bits per heavy atom. The average molecular weight is 449 g/mol. The smallest absolute Gasteiger partial charge is 0.273 e. The van der Waals surface area contributed by atoms with Crippen molar-refractivity contribution in [3.63, 3.8) is 0 Å². The summed E-state index contributed by atoms with van der Waals surface area (Å²) in [7, 11) is 0. The predicted molar refractivity (Wildman–Crippen MR) is 117 cm³/mol. The number of amides is 2. The second-order valence-corrected chi connectivity index (χ2v) is 8.39. The van der Waals surface area contributed by atoms with Gasteiger partial charge < -0.3 is 20.4 Å². The molecule has 2 aromatic rings. The molecule has 3 heterocycles. The highest BCUT2D eigenvalue weighted by Gasteiger charge is 2.26.